The van der Waals surface area contributed by atoms with Crippen LogP contribution in [0.1, 0.15) is 17.0 Å². The molecular formula is C19H15BrN2O3. The second kappa shape index (κ2) is 6.37. The van der Waals surface area contributed by atoms with Gasteiger partial charge in [-0.1, -0.05) is 58.4 Å². The number of rotatable bonds is 2. The fourth-order valence-corrected chi connectivity index (χ4v) is 3.50. The van der Waals surface area contributed by atoms with Gasteiger partial charge in [-0.05, 0) is 23.8 Å². The number of fused-ring (bicyclic) bond motifs is 1. The van der Waals surface area contributed by atoms with Gasteiger partial charge in [0, 0.05) is 16.0 Å². The molecule has 3 amide bonds. The molecule has 5 nitrogen and oxygen atoms in total. The van der Waals surface area contributed by atoms with Crippen molar-refractivity contribution in [1.29, 1.82) is 0 Å². The monoisotopic (exact) mass is 398 g/mol. The lowest BCUT2D eigenvalue weighted by Crippen LogP contribution is -2.61. The fraction of sp³-hybridized carbons (Fsp3) is 0.158. The van der Waals surface area contributed by atoms with E-state index < -0.39 is 18.2 Å². The van der Waals surface area contributed by atoms with E-state index in [1.807, 2.05) is 60.7 Å². The number of hydrogen-bond acceptors (Lipinski definition) is 3. The zero-order chi connectivity index (χ0) is 17.4. The van der Waals surface area contributed by atoms with Gasteiger partial charge in [-0.3, -0.25) is 10.1 Å². The van der Waals surface area contributed by atoms with Gasteiger partial charge in [0.2, 0.25) is 5.91 Å². The van der Waals surface area contributed by atoms with Crippen LogP contribution in [0.5, 0.6) is 0 Å². The molecule has 2 aromatic rings. The van der Waals surface area contributed by atoms with Crippen molar-refractivity contribution in [3.63, 3.8) is 0 Å². The third-order valence-electron chi connectivity index (χ3n) is 4.42. The second-order valence-electron chi connectivity index (χ2n) is 6.00. The average Bonchev–Trinajstić information content (AvgIpc) is 2.62. The molecule has 0 aromatic heterocycles. The summed E-state index contributed by atoms with van der Waals surface area (Å²) >= 11 is 3.43. The molecular weight excluding hydrogens is 384 g/mol. The highest BCUT2D eigenvalue weighted by molar-refractivity contribution is 9.10. The van der Waals surface area contributed by atoms with Crippen molar-refractivity contribution < 1.29 is 14.3 Å². The van der Waals surface area contributed by atoms with Crippen molar-refractivity contribution in [3.05, 3.63) is 76.3 Å². The maximum Gasteiger partial charge on any atom is 0.324 e. The van der Waals surface area contributed by atoms with Crippen LogP contribution in [0.3, 0.4) is 0 Å². The summed E-state index contributed by atoms with van der Waals surface area (Å²) in [5, 5.41) is 5.05. The van der Waals surface area contributed by atoms with E-state index >= 15 is 0 Å². The first-order valence-corrected chi connectivity index (χ1v) is 8.72. The molecule has 4 rings (SSSR count). The van der Waals surface area contributed by atoms with E-state index in [-0.39, 0.29) is 11.8 Å². The Morgan fingerprint density at radius 2 is 1.68 bits per heavy atom. The summed E-state index contributed by atoms with van der Waals surface area (Å²) in [5.41, 5.74) is 1.89. The molecule has 0 bridgehead atoms. The number of ether oxygens (including phenoxy) is 1. The van der Waals surface area contributed by atoms with Crippen molar-refractivity contribution in [3.8, 4) is 0 Å². The number of benzene rings is 2. The normalized spacial score (nSPS) is 25.2. The van der Waals surface area contributed by atoms with Gasteiger partial charge >= 0.3 is 6.03 Å². The standard InChI is InChI=1S/C19H15BrN2O3/c20-13-8-6-11(7-9-13)14-10-15(12-4-2-1-3-5-12)25-18-16(14)17(23)21-19(24)22-18/h1-10,14,16,18H,(H2,21,22,23,24). The number of amides is 3. The van der Waals surface area contributed by atoms with Crippen LogP contribution in [-0.2, 0) is 9.53 Å². The molecule has 0 radical (unpaired) electrons. The number of hydrogen-bond donors (Lipinski definition) is 2. The zero-order valence-corrected chi connectivity index (χ0v) is 14.7. The Morgan fingerprint density at radius 3 is 2.40 bits per heavy atom. The highest BCUT2D eigenvalue weighted by atomic mass is 79.9. The van der Waals surface area contributed by atoms with E-state index in [2.05, 4.69) is 26.6 Å². The van der Waals surface area contributed by atoms with E-state index in [4.69, 9.17) is 4.74 Å². The average molecular weight is 399 g/mol. The van der Waals surface area contributed by atoms with Crippen molar-refractivity contribution in [2.45, 2.75) is 12.1 Å². The van der Waals surface area contributed by atoms with Crippen LogP contribution in [-0.4, -0.2) is 18.2 Å². The summed E-state index contributed by atoms with van der Waals surface area (Å²) < 4.78 is 6.92. The minimum atomic E-state index is -0.699. The number of urea groups is 1. The zero-order valence-electron chi connectivity index (χ0n) is 13.1. The minimum absolute atomic E-state index is 0.206. The number of halogens is 1. The van der Waals surface area contributed by atoms with Crippen molar-refractivity contribution in [2.75, 3.05) is 0 Å². The van der Waals surface area contributed by atoms with Crippen LogP contribution in [0.2, 0.25) is 0 Å². The first-order chi connectivity index (χ1) is 12.1. The summed E-state index contributed by atoms with van der Waals surface area (Å²) in [4.78, 5) is 24.2. The Hall–Kier alpha value is -2.60. The first-order valence-electron chi connectivity index (χ1n) is 7.92. The van der Waals surface area contributed by atoms with E-state index in [0.717, 1.165) is 15.6 Å². The molecule has 2 aliphatic rings. The maximum absolute atomic E-state index is 12.4. The summed E-state index contributed by atoms with van der Waals surface area (Å²) in [6, 6.07) is 16.9. The largest absolute Gasteiger partial charge is 0.469 e. The van der Waals surface area contributed by atoms with Gasteiger partial charge in [0.05, 0.1) is 0 Å². The lowest BCUT2D eigenvalue weighted by molar-refractivity contribution is -0.131. The van der Waals surface area contributed by atoms with Crippen LogP contribution in [0.4, 0.5) is 4.79 Å². The molecule has 2 aliphatic heterocycles. The Labute approximate surface area is 153 Å². The van der Waals surface area contributed by atoms with Gasteiger partial charge in [0.25, 0.3) is 0 Å². The molecule has 1 fully saturated rings. The highest BCUT2D eigenvalue weighted by Gasteiger charge is 2.45. The number of nitrogens with one attached hydrogen (secondary N) is 2. The highest BCUT2D eigenvalue weighted by Crippen LogP contribution is 2.39. The van der Waals surface area contributed by atoms with E-state index in [1.165, 1.54) is 0 Å². The van der Waals surface area contributed by atoms with Crippen molar-refractivity contribution in [2.24, 2.45) is 5.92 Å². The van der Waals surface area contributed by atoms with Crippen LogP contribution in [0.25, 0.3) is 5.76 Å². The third-order valence-corrected chi connectivity index (χ3v) is 4.95. The van der Waals surface area contributed by atoms with Crippen molar-refractivity contribution >= 4 is 33.6 Å². The number of carbonyl (C=O) groups excluding carboxylic acids is 2. The molecule has 3 atom stereocenters. The lowest BCUT2D eigenvalue weighted by Gasteiger charge is -2.39. The quantitative estimate of drug-likeness (QED) is 0.814. The summed E-state index contributed by atoms with van der Waals surface area (Å²) in [6.07, 6.45) is 1.26. The smallest absolute Gasteiger partial charge is 0.324 e. The molecule has 0 saturated carbocycles. The Morgan fingerprint density at radius 1 is 0.960 bits per heavy atom. The Kier molecular flexibility index (Phi) is 4.05. The van der Waals surface area contributed by atoms with E-state index in [1.54, 1.807) is 0 Å². The third kappa shape index (κ3) is 3.05. The second-order valence-corrected chi connectivity index (χ2v) is 6.92. The van der Waals surface area contributed by atoms with Gasteiger partial charge in [0.1, 0.15) is 11.7 Å². The van der Waals surface area contributed by atoms with Gasteiger partial charge in [0.15, 0.2) is 6.23 Å². The minimum Gasteiger partial charge on any atom is -0.469 e. The maximum atomic E-state index is 12.4. The van der Waals surface area contributed by atoms with Crippen LogP contribution < -0.4 is 10.6 Å². The molecule has 6 heteroatoms. The molecule has 2 aromatic carbocycles. The lowest BCUT2D eigenvalue weighted by atomic mass is 9.80. The van der Waals surface area contributed by atoms with Gasteiger partial charge in [-0.2, -0.15) is 0 Å². The summed E-state index contributed by atoms with van der Waals surface area (Å²) in [5.74, 6) is -0.399. The van der Waals surface area contributed by atoms with Crippen LogP contribution in [0.15, 0.2) is 65.1 Å². The van der Waals surface area contributed by atoms with Gasteiger partial charge < -0.3 is 10.1 Å². The van der Waals surface area contributed by atoms with Crippen LogP contribution in [0, 0.1) is 5.92 Å². The van der Waals surface area contributed by atoms with E-state index in [0.29, 0.717) is 5.76 Å². The molecule has 3 unspecified atom stereocenters. The molecule has 2 N–H and O–H groups in total. The molecule has 25 heavy (non-hydrogen) atoms. The number of imide groups is 1. The Balaban J connectivity index is 1.80. The van der Waals surface area contributed by atoms with Crippen LogP contribution >= 0.6 is 15.9 Å². The number of allylic oxidation sites excluding steroid dienone is 1. The molecule has 1 saturated heterocycles. The molecule has 126 valence electrons. The predicted octanol–water partition coefficient (Wildman–Crippen LogP) is 3.39. The summed E-state index contributed by atoms with van der Waals surface area (Å²) in [7, 11) is 0. The number of carbonyl (C=O) groups is 2. The molecule has 0 spiro atoms. The molecule has 2 heterocycles. The summed E-state index contributed by atoms with van der Waals surface area (Å²) in [6.45, 7) is 0. The van der Waals surface area contributed by atoms with Gasteiger partial charge in [-0.15, -0.1) is 0 Å². The Bertz CT molecular complexity index is 849. The molecule has 0 aliphatic carbocycles. The predicted molar refractivity (Wildman–Crippen MR) is 96.3 cm³/mol. The SMILES string of the molecule is O=C1NC(=O)C2C(N1)OC(c1ccccc1)=CC2c1ccc(Br)cc1. The van der Waals surface area contributed by atoms with Crippen molar-refractivity contribution in [1.82, 2.24) is 10.6 Å². The topological polar surface area (TPSA) is 67.4 Å². The van der Waals surface area contributed by atoms with E-state index in [9.17, 15) is 9.59 Å². The van der Waals surface area contributed by atoms with Gasteiger partial charge in [-0.25, -0.2) is 4.79 Å². The fourth-order valence-electron chi connectivity index (χ4n) is 3.24. The first kappa shape index (κ1) is 15.9.